The van der Waals surface area contributed by atoms with E-state index in [-0.39, 0.29) is 0 Å². The Labute approximate surface area is 147 Å². The summed E-state index contributed by atoms with van der Waals surface area (Å²) in [5, 5.41) is 0. The van der Waals surface area contributed by atoms with Gasteiger partial charge in [0.15, 0.2) is 0 Å². The summed E-state index contributed by atoms with van der Waals surface area (Å²) in [6.45, 7) is 8.63. The largest absolute Gasteiger partial charge is 0.303 e. The number of benzene rings is 2. The third-order valence-corrected chi connectivity index (χ3v) is 5.10. The summed E-state index contributed by atoms with van der Waals surface area (Å²) < 4.78 is 0. The zero-order chi connectivity index (χ0) is 16.8. The SMILES string of the molecule is CC(C)(Cc1ccc(CCc2ccccc2)cc1)CN1CCCC1. The predicted octanol–water partition coefficient (Wildman–Crippen LogP) is 5.14. The molecule has 0 amide bonds. The first-order valence-electron chi connectivity index (χ1n) is 9.45. The van der Waals surface area contributed by atoms with Crippen molar-refractivity contribution in [3.8, 4) is 0 Å². The van der Waals surface area contributed by atoms with E-state index in [2.05, 4.69) is 73.3 Å². The second-order valence-electron chi connectivity index (χ2n) is 8.13. The Morgan fingerprint density at radius 2 is 1.29 bits per heavy atom. The zero-order valence-corrected chi connectivity index (χ0v) is 15.3. The van der Waals surface area contributed by atoms with Crippen LogP contribution >= 0.6 is 0 Å². The van der Waals surface area contributed by atoms with Gasteiger partial charge in [0, 0.05) is 6.54 Å². The molecule has 2 aromatic rings. The summed E-state index contributed by atoms with van der Waals surface area (Å²) in [5.74, 6) is 0. The molecule has 0 aromatic heterocycles. The molecule has 1 aliphatic rings. The molecule has 1 fully saturated rings. The van der Waals surface area contributed by atoms with Gasteiger partial charge in [0.2, 0.25) is 0 Å². The van der Waals surface area contributed by atoms with Crippen LogP contribution in [0.4, 0.5) is 0 Å². The van der Waals surface area contributed by atoms with Crippen LogP contribution in [0, 0.1) is 5.41 Å². The fourth-order valence-corrected chi connectivity index (χ4v) is 3.91. The van der Waals surface area contributed by atoms with E-state index in [0.29, 0.717) is 5.41 Å². The molecule has 0 bridgehead atoms. The highest BCUT2D eigenvalue weighted by Crippen LogP contribution is 2.25. The Bertz CT molecular complexity index is 606. The van der Waals surface area contributed by atoms with Crippen LogP contribution in [0.5, 0.6) is 0 Å². The average Bonchev–Trinajstić information content (AvgIpc) is 3.07. The fourth-order valence-electron chi connectivity index (χ4n) is 3.91. The van der Waals surface area contributed by atoms with Gasteiger partial charge in [0.05, 0.1) is 0 Å². The van der Waals surface area contributed by atoms with E-state index in [4.69, 9.17) is 0 Å². The van der Waals surface area contributed by atoms with Crippen LogP contribution in [-0.4, -0.2) is 24.5 Å². The average molecular weight is 322 g/mol. The van der Waals surface area contributed by atoms with Gasteiger partial charge in [-0.1, -0.05) is 68.4 Å². The Balaban J connectivity index is 1.52. The topological polar surface area (TPSA) is 3.24 Å². The van der Waals surface area contributed by atoms with Gasteiger partial charge in [-0.2, -0.15) is 0 Å². The highest BCUT2D eigenvalue weighted by molar-refractivity contribution is 5.25. The van der Waals surface area contributed by atoms with Crippen molar-refractivity contribution in [3.05, 3.63) is 71.3 Å². The molecular formula is C23H31N. The van der Waals surface area contributed by atoms with Crippen molar-refractivity contribution in [2.45, 2.75) is 46.0 Å². The number of aryl methyl sites for hydroxylation is 2. The van der Waals surface area contributed by atoms with Gasteiger partial charge in [-0.3, -0.25) is 0 Å². The summed E-state index contributed by atoms with van der Waals surface area (Å²) in [7, 11) is 0. The number of hydrogen-bond acceptors (Lipinski definition) is 1. The summed E-state index contributed by atoms with van der Waals surface area (Å²) in [6.07, 6.45) is 6.18. The first-order chi connectivity index (χ1) is 11.6. The van der Waals surface area contributed by atoms with Crippen molar-refractivity contribution in [2.75, 3.05) is 19.6 Å². The molecule has 1 nitrogen and oxygen atoms in total. The lowest BCUT2D eigenvalue weighted by Crippen LogP contribution is -2.33. The molecule has 0 spiro atoms. The molecule has 0 atom stereocenters. The fraction of sp³-hybridized carbons (Fsp3) is 0.478. The molecule has 3 rings (SSSR count). The lowest BCUT2D eigenvalue weighted by atomic mass is 9.85. The highest BCUT2D eigenvalue weighted by Gasteiger charge is 2.24. The van der Waals surface area contributed by atoms with Crippen LogP contribution in [0.3, 0.4) is 0 Å². The number of likely N-dealkylation sites (tertiary alicyclic amines) is 1. The molecule has 2 aromatic carbocycles. The van der Waals surface area contributed by atoms with Gasteiger partial charge in [-0.05, 0) is 67.3 Å². The smallest absolute Gasteiger partial charge is 0.00359 e. The minimum atomic E-state index is 0.357. The molecule has 1 saturated heterocycles. The molecular weight excluding hydrogens is 290 g/mol. The standard InChI is InChI=1S/C23H31N/c1-23(2,19-24-16-6-7-17-24)18-22-14-12-21(13-15-22)11-10-20-8-4-3-5-9-20/h3-5,8-9,12-15H,6-7,10-11,16-19H2,1-2H3. The highest BCUT2D eigenvalue weighted by atomic mass is 15.1. The van der Waals surface area contributed by atoms with Crippen molar-refractivity contribution in [3.63, 3.8) is 0 Å². The lowest BCUT2D eigenvalue weighted by Gasteiger charge is -2.30. The lowest BCUT2D eigenvalue weighted by molar-refractivity contribution is 0.208. The van der Waals surface area contributed by atoms with Gasteiger partial charge >= 0.3 is 0 Å². The van der Waals surface area contributed by atoms with Crippen molar-refractivity contribution in [1.29, 1.82) is 0 Å². The second kappa shape index (κ2) is 7.98. The molecule has 128 valence electrons. The van der Waals surface area contributed by atoms with E-state index in [1.54, 1.807) is 0 Å². The van der Waals surface area contributed by atoms with E-state index in [1.807, 2.05) is 0 Å². The molecule has 0 N–H and O–H groups in total. The minimum absolute atomic E-state index is 0.357. The van der Waals surface area contributed by atoms with Gasteiger partial charge < -0.3 is 4.90 Å². The van der Waals surface area contributed by atoms with Gasteiger partial charge in [-0.15, -0.1) is 0 Å². The molecule has 1 heterocycles. The Morgan fingerprint density at radius 3 is 1.92 bits per heavy atom. The van der Waals surface area contributed by atoms with Crippen LogP contribution in [0.15, 0.2) is 54.6 Å². The Hall–Kier alpha value is -1.60. The summed E-state index contributed by atoms with van der Waals surface area (Å²) in [6, 6.07) is 20.1. The van der Waals surface area contributed by atoms with Crippen LogP contribution in [0.25, 0.3) is 0 Å². The maximum atomic E-state index is 2.63. The minimum Gasteiger partial charge on any atom is -0.303 e. The van der Waals surface area contributed by atoms with E-state index < -0.39 is 0 Å². The Kier molecular flexibility index (Phi) is 5.73. The van der Waals surface area contributed by atoms with Crippen LogP contribution in [0.2, 0.25) is 0 Å². The van der Waals surface area contributed by atoms with Crippen molar-refractivity contribution in [2.24, 2.45) is 5.41 Å². The van der Waals surface area contributed by atoms with Crippen LogP contribution in [-0.2, 0) is 19.3 Å². The molecule has 1 heteroatoms. The maximum Gasteiger partial charge on any atom is 0.00359 e. The van der Waals surface area contributed by atoms with E-state index >= 15 is 0 Å². The van der Waals surface area contributed by atoms with Gasteiger partial charge in [0.25, 0.3) is 0 Å². The zero-order valence-electron chi connectivity index (χ0n) is 15.3. The van der Waals surface area contributed by atoms with E-state index in [1.165, 1.54) is 55.6 Å². The van der Waals surface area contributed by atoms with Gasteiger partial charge in [-0.25, -0.2) is 0 Å². The van der Waals surface area contributed by atoms with E-state index in [0.717, 1.165) is 12.8 Å². The normalized spacial score (nSPS) is 15.8. The molecule has 0 radical (unpaired) electrons. The monoisotopic (exact) mass is 321 g/mol. The van der Waals surface area contributed by atoms with Crippen molar-refractivity contribution < 1.29 is 0 Å². The number of hydrogen-bond donors (Lipinski definition) is 0. The Morgan fingerprint density at radius 1 is 0.750 bits per heavy atom. The maximum absolute atomic E-state index is 2.63. The molecule has 0 unspecified atom stereocenters. The quantitative estimate of drug-likeness (QED) is 0.683. The molecule has 0 aliphatic carbocycles. The van der Waals surface area contributed by atoms with Crippen LogP contribution < -0.4 is 0 Å². The van der Waals surface area contributed by atoms with E-state index in [9.17, 15) is 0 Å². The summed E-state index contributed by atoms with van der Waals surface area (Å²) in [4.78, 5) is 2.63. The molecule has 1 aliphatic heterocycles. The molecule has 24 heavy (non-hydrogen) atoms. The van der Waals surface area contributed by atoms with Gasteiger partial charge in [0.1, 0.15) is 0 Å². The number of nitrogens with zero attached hydrogens (tertiary/aromatic N) is 1. The van der Waals surface area contributed by atoms with Crippen molar-refractivity contribution >= 4 is 0 Å². The first-order valence-corrected chi connectivity index (χ1v) is 9.45. The van der Waals surface area contributed by atoms with Crippen LogP contribution in [0.1, 0.15) is 43.4 Å². The second-order valence-corrected chi connectivity index (χ2v) is 8.13. The number of rotatable bonds is 7. The molecule has 0 saturated carbocycles. The predicted molar refractivity (Wildman–Crippen MR) is 103 cm³/mol. The summed E-state index contributed by atoms with van der Waals surface area (Å²) >= 11 is 0. The summed E-state index contributed by atoms with van der Waals surface area (Å²) in [5.41, 5.74) is 4.70. The third kappa shape index (κ3) is 5.21. The van der Waals surface area contributed by atoms with Crippen molar-refractivity contribution in [1.82, 2.24) is 4.90 Å². The third-order valence-electron chi connectivity index (χ3n) is 5.10. The first kappa shape index (κ1) is 17.2.